The second kappa shape index (κ2) is 6.20. The largest absolute Gasteiger partial charge is 0.393 e. The Hall–Kier alpha value is -0.450. The minimum Gasteiger partial charge on any atom is -0.393 e. The molecule has 1 heterocycles. The molecule has 2 N–H and O–H groups in total. The van der Waals surface area contributed by atoms with Crippen molar-refractivity contribution in [1.29, 1.82) is 0 Å². The minimum atomic E-state index is -0.223. The molecule has 0 aromatic carbocycles. The van der Waals surface area contributed by atoms with Crippen LogP contribution in [0, 0.1) is 0 Å². The highest BCUT2D eigenvalue weighted by Gasteiger charge is 2.05. The Bertz CT molecular complexity index is 284. The molecular weight excluding hydrogens is 208 g/mol. The van der Waals surface area contributed by atoms with E-state index in [9.17, 15) is 0 Å². The Labute approximate surface area is 95.6 Å². The summed E-state index contributed by atoms with van der Waals surface area (Å²) in [4.78, 5) is 4.52. The summed E-state index contributed by atoms with van der Waals surface area (Å²) in [6.07, 6.45) is 0.570. The number of aliphatic hydroxyl groups is 1. The Morgan fingerprint density at radius 3 is 2.73 bits per heavy atom. The average molecular weight is 228 g/mol. The number of thiazole rings is 1. The molecule has 0 saturated heterocycles. The van der Waals surface area contributed by atoms with Gasteiger partial charge in [0.25, 0.3) is 0 Å². The van der Waals surface area contributed by atoms with Crippen LogP contribution < -0.4 is 5.32 Å². The lowest BCUT2D eigenvalue weighted by atomic mass is 10.2. The van der Waals surface area contributed by atoms with Gasteiger partial charge in [-0.05, 0) is 19.9 Å². The highest BCUT2D eigenvalue weighted by molar-refractivity contribution is 7.09. The molecule has 86 valence electrons. The molecule has 0 saturated carbocycles. The summed E-state index contributed by atoms with van der Waals surface area (Å²) < 4.78 is 0. The molecule has 0 spiro atoms. The van der Waals surface area contributed by atoms with E-state index in [-0.39, 0.29) is 6.10 Å². The van der Waals surface area contributed by atoms with E-state index in [2.05, 4.69) is 29.5 Å². The van der Waals surface area contributed by atoms with Gasteiger partial charge in [0, 0.05) is 17.8 Å². The fourth-order valence-corrected chi connectivity index (χ4v) is 2.03. The predicted molar refractivity (Wildman–Crippen MR) is 64.2 cm³/mol. The molecule has 1 atom stereocenters. The normalized spacial score (nSPS) is 13.4. The average Bonchev–Trinajstić information content (AvgIpc) is 2.60. The third-order valence-electron chi connectivity index (χ3n) is 2.11. The Morgan fingerprint density at radius 2 is 2.20 bits per heavy atom. The van der Waals surface area contributed by atoms with Gasteiger partial charge >= 0.3 is 0 Å². The van der Waals surface area contributed by atoms with Gasteiger partial charge < -0.3 is 10.4 Å². The second-order valence-electron chi connectivity index (χ2n) is 4.15. The summed E-state index contributed by atoms with van der Waals surface area (Å²) in [7, 11) is 0. The van der Waals surface area contributed by atoms with Crippen molar-refractivity contribution in [2.45, 2.75) is 45.8 Å². The lowest BCUT2D eigenvalue weighted by Crippen LogP contribution is -2.18. The molecule has 0 aliphatic rings. The third kappa shape index (κ3) is 4.73. The standard InChI is InChI=1S/C11H20N2OS/c1-8(2)11-13-10(7-15-11)6-12-5-4-9(3)14/h7-9,12,14H,4-6H2,1-3H3. The lowest BCUT2D eigenvalue weighted by Gasteiger charge is -2.04. The van der Waals surface area contributed by atoms with Crippen LogP contribution in [-0.4, -0.2) is 22.7 Å². The summed E-state index contributed by atoms with van der Waals surface area (Å²) in [5.74, 6) is 0.515. The summed E-state index contributed by atoms with van der Waals surface area (Å²) in [6.45, 7) is 7.76. The monoisotopic (exact) mass is 228 g/mol. The maximum atomic E-state index is 9.07. The number of nitrogens with one attached hydrogen (secondary N) is 1. The predicted octanol–water partition coefficient (Wildman–Crippen LogP) is 2.13. The van der Waals surface area contributed by atoms with E-state index in [1.54, 1.807) is 18.3 Å². The molecular formula is C11H20N2OS. The SMILES string of the molecule is CC(O)CCNCc1csc(C(C)C)n1. The third-order valence-corrected chi connectivity index (χ3v) is 3.30. The molecule has 1 aromatic rings. The smallest absolute Gasteiger partial charge is 0.0954 e. The van der Waals surface area contributed by atoms with Crippen molar-refractivity contribution < 1.29 is 5.11 Å². The molecule has 0 fully saturated rings. The van der Waals surface area contributed by atoms with Crippen molar-refractivity contribution >= 4 is 11.3 Å². The van der Waals surface area contributed by atoms with Crippen molar-refractivity contribution in [2.75, 3.05) is 6.54 Å². The van der Waals surface area contributed by atoms with Crippen molar-refractivity contribution in [3.8, 4) is 0 Å². The number of aromatic nitrogens is 1. The van der Waals surface area contributed by atoms with Crippen LogP contribution in [0.1, 0.15) is 43.8 Å². The van der Waals surface area contributed by atoms with Crippen LogP contribution in [0.25, 0.3) is 0 Å². The fourth-order valence-electron chi connectivity index (χ4n) is 1.20. The van der Waals surface area contributed by atoms with Gasteiger partial charge in [-0.2, -0.15) is 0 Å². The van der Waals surface area contributed by atoms with Crippen molar-refractivity contribution in [1.82, 2.24) is 10.3 Å². The molecule has 0 bridgehead atoms. The zero-order valence-corrected chi connectivity index (χ0v) is 10.5. The first-order valence-corrected chi connectivity index (χ1v) is 6.30. The number of rotatable bonds is 6. The van der Waals surface area contributed by atoms with Crippen LogP contribution in [0.5, 0.6) is 0 Å². The topological polar surface area (TPSA) is 45.1 Å². The van der Waals surface area contributed by atoms with Gasteiger partial charge in [-0.3, -0.25) is 0 Å². The van der Waals surface area contributed by atoms with Gasteiger partial charge in [-0.1, -0.05) is 13.8 Å². The van der Waals surface area contributed by atoms with Gasteiger partial charge in [0.2, 0.25) is 0 Å². The zero-order valence-electron chi connectivity index (χ0n) is 9.66. The Morgan fingerprint density at radius 1 is 1.47 bits per heavy atom. The molecule has 1 unspecified atom stereocenters. The van der Waals surface area contributed by atoms with E-state index in [0.717, 1.165) is 25.2 Å². The van der Waals surface area contributed by atoms with Crippen LogP contribution >= 0.6 is 11.3 Å². The maximum absolute atomic E-state index is 9.07. The van der Waals surface area contributed by atoms with E-state index >= 15 is 0 Å². The molecule has 0 aliphatic carbocycles. The van der Waals surface area contributed by atoms with E-state index in [0.29, 0.717) is 5.92 Å². The zero-order chi connectivity index (χ0) is 11.3. The first-order chi connectivity index (χ1) is 7.09. The number of aliphatic hydroxyl groups excluding tert-OH is 1. The van der Waals surface area contributed by atoms with E-state index in [1.807, 2.05) is 0 Å². The van der Waals surface area contributed by atoms with Crippen LogP contribution in [0.4, 0.5) is 0 Å². The Balaban J connectivity index is 2.26. The number of hydrogen-bond acceptors (Lipinski definition) is 4. The van der Waals surface area contributed by atoms with Gasteiger partial charge in [0.05, 0.1) is 16.8 Å². The summed E-state index contributed by atoms with van der Waals surface area (Å²) in [5.41, 5.74) is 1.11. The van der Waals surface area contributed by atoms with E-state index < -0.39 is 0 Å². The van der Waals surface area contributed by atoms with E-state index in [1.165, 1.54) is 5.01 Å². The first-order valence-electron chi connectivity index (χ1n) is 5.42. The molecule has 15 heavy (non-hydrogen) atoms. The van der Waals surface area contributed by atoms with Crippen molar-refractivity contribution in [3.05, 3.63) is 16.1 Å². The van der Waals surface area contributed by atoms with Gasteiger partial charge in [0.15, 0.2) is 0 Å². The number of hydrogen-bond donors (Lipinski definition) is 2. The van der Waals surface area contributed by atoms with Gasteiger partial charge in [-0.15, -0.1) is 11.3 Å². The molecule has 1 rings (SSSR count). The summed E-state index contributed by atoms with van der Waals surface area (Å²) >= 11 is 1.72. The van der Waals surface area contributed by atoms with Crippen LogP contribution in [0.3, 0.4) is 0 Å². The summed E-state index contributed by atoms with van der Waals surface area (Å²) in [5, 5.41) is 15.6. The van der Waals surface area contributed by atoms with Crippen molar-refractivity contribution in [2.24, 2.45) is 0 Å². The molecule has 1 aromatic heterocycles. The molecule has 4 heteroatoms. The Kier molecular flexibility index (Phi) is 5.22. The van der Waals surface area contributed by atoms with Crippen LogP contribution in [0.2, 0.25) is 0 Å². The maximum Gasteiger partial charge on any atom is 0.0954 e. The molecule has 0 radical (unpaired) electrons. The quantitative estimate of drug-likeness (QED) is 0.733. The van der Waals surface area contributed by atoms with Crippen LogP contribution in [-0.2, 0) is 6.54 Å². The lowest BCUT2D eigenvalue weighted by molar-refractivity contribution is 0.183. The van der Waals surface area contributed by atoms with Crippen LogP contribution in [0.15, 0.2) is 5.38 Å². The molecule has 3 nitrogen and oxygen atoms in total. The highest BCUT2D eigenvalue weighted by atomic mass is 32.1. The van der Waals surface area contributed by atoms with Crippen molar-refractivity contribution in [3.63, 3.8) is 0 Å². The van der Waals surface area contributed by atoms with E-state index in [4.69, 9.17) is 5.11 Å². The minimum absolute atomic E-state index is 0.223. The summed E-state index contributed by atoms with van der Waals surface area (Å²) in [6, 6.07) is 0. The second-order valence-corrected chi connectivity index (χ2v) is 5.04. The molecule has 0 amide bonds. The van der Waals surface area contributed by atoms with Gasteiger partial charge in [0.1, 0.15) is 0 Å². The molecule has 0 aliphatic heterocycles. The highest BCUT2D eigenvalue weighted by Crippen LogP contribution is 2.18. The fraction of sp³-hybridized carbons (Fsp3) is 0.727. The van der Waals surface area contributed by atoms with Gasteiger partial charge in [-0.25, -0.2) is 4.98 Å². The first kappa shape index (κ1) is 12.6. The number of nitrogens with zero attached hydrogens (tertiary/aromatic N) is 1.